The minimum absolute atomic E-state index is 0.0623. The molecule has 0 aliphatic carbocycles. The lowest BCUT2D eigenvalue weighted by molar-refractivity contribution is -0.142. The summed E-state index contributed by atoms with van der Waals surface area (Å²) in [4.78, 5) is 11.4. The van der Waals surface area contributed by atoms with E-state index in [0.717, 1.165) is 0 Å². The molecule has 0 radical (unpaired) electrons. The van der Waals surface area contributed by atoms with E-state index in [1.807, 2.05) is 0 Å². The van der Waals surface area contributed by atoms with Crippen molar-refractivity contribution in [2.75, 3.05) is 7.11 Å². The van der Waals surface area contributed by atoms with Crippen molar-refractivity contribution in [3.8, 4) is 0 Å². The normalized spacial score (nSPS) is 21.5. The smallest absolute Gasteiger partial charge is 0.328 e. The molecule has 5 nitrogen and oxygen atoms in total. The van der Waals surface area contributed by atoms with Gasteiger partial charge in [-0.05, 0) is 18.2 Å². The number of methoxy groups -OCH3 is 1. The zero-order valence-electron chi connectivity index (χ0n) is 8.23. The van der Waals surface area contributed by atoms with Crippen LogP contribution in [0, 0.1) is 0 Å². The van der Waals surface area contributed by atoms with Gasteiger partial charge in [0.15, 0.2) is 0 Å². The molecule has 1 aliphatic rings. The van der Waals surface area contributed by atoms with Crippen LogP contribution in [0.2, 0.25) is 5.02 Å². The minimum Gasteiger partial charge on any atom is -0.468 e. The summed E-state index contributed by atoms with van der Waals surface area (Å²) in [5.41, 5.74) is 0.319. The number of carbonyl (C=O) groups is 1. The van der Waals surface area contributed by atoms with Crippen molar-refractivity contribution in [1.29, 1.82) is 0 Å². The molecule has 0 saturated carbocycles. The van der Waals surface area contributed by atoms with E-state index in [9.17, 15) is 13.2 Å². The molecule has 0 spiro atoms. The van der Waals surface area contributed by atoms with Gasteiger partial charge in [0.05, 0.1) is 12.0 Å². The van der Waals surface area contributed by atoms with Gasteiger partial charge in [0.2, 0.25) is 10.0 Å². The molecule has 1 unspecified atom stereocenters. The number of esters is 1. The number of carbonyl (C=O) groups excluding carboxylic acids is 1. The molecule has 7 heteroatoms. The Morgan fingerprint density at radius 1 is 1.50 bits per heavy atom. The van der Waals surface area contributed by atoms with Gasteiger partial charge in [0.1, 0.15) is 6.04 Å². The van der Waals surface area contributed by atoms with Gasteiger partial charge < -0.3 is 4.74 Å². The number of sulfonamides is 1. The Morgan fingerprint density at radius 2 is 2.19 bits per heavy atom. The van der Waals surface area contributed by atoms with Gasteiger partial charge in [-0.2, -0.15) is 4.72 Å². The summed E-state index contributed by atoms with van der Waals surface area (Å²) in [5, 5.41) is 0.367. The summed E-state index contributed by atoms with van der Waals surface area (Å²) in [6, 6.07) is 3.25. The molecule has 1 aromatic rings. The van der Waals surface area contributed by atoms with Crippen molar-refractivity contribution < 1.29 is 17.9 Å². The molecule has 1 aromatic carbocycles. The number of fused-ring (bicyclic) bond motifs is 1. The maximum absolute atomic E-state index is 11.6. The van der Waals surface area contributed by atoms with E-state index in [0.29, 0.717) is 10.6 Å². The molecule has 16 heavy (non-hydrogen) atoms. The minimum atomic E-state index is -3.64. The highest BCUT2D eigenvalue weighted by molar-refractivity contribution is 7.89. The van der Waals surface area contributed by atoms with Crippen LogP contribution < -0.4 is 4.72 Å². The number of hydrogen-bond acceptors (Lipinski definition) is 4. The molecule has 1 aliphatic heterocycles. The van der Waals surface area contributed by atoms with Crippen LogP contribution >= 0.6 is 11.6 Å². The third-order valence-corrected chi connectivity index (χ3v) is 4.01. The van der Waals surface area contributed by atoms with Crippen molar-refractivity contribution in [3.05, 3.63) is 28.8 Å². The van der Waals surface area contributed by atoms with E-state index in [4.69, 9.17) is 11.6 Å². The van der Waals surface area contributed by atoms with Gasteiger partial charge >= 0.3 is 5.97 Å². The molecule has 0 saturated heterocycles. The summed E-state index contributed by atoms with van der Waals surface area (Å²) in [7, 11) is -2.44. The SMILES string of the molecule is COC(=O)C1NS(=O)(=O)c2ccc(Cl)cc21. The van der Waals surface area contributed by atoms with E-state index in [1.165, 1.54) is 25.3 Å². The number of rotatable bonds is 1. The van der Waals surface area contributed by atoms with E-state index >= 15 is 0 Å². The third-order valence-electron chi connectivity index (χ3n) is 2.28. The summed E-state index contributed by atoms with van der Waals surface area (Å²) in [6.07, 6.45) is 0. The molecule has 2 rings (SSSR count). The molecular formula is C9H8ClNO4S. The lowest BCUT2D eigenvalue weighted by Crippen LogP contribution is -2.27. The largest absolute Gasteiger partial charge is 0.468 e. The number of nitrogens with one attached hydrogen (secondary N) is 1. The first kappa shape index (κ1) is 11.4. The quantitative estimate of drug-likeness (QED) is 0.761. The number of hydrogen-bond donors (Lipinski definition) is 1. The van der Waals surface area contributed by atoms with Crippen LogP contribution in [0.5, 0.6) is 0 Å². The molecule has 1 atom stereocenters. The Morgan fingerprint density at radius 3 is 2.81 bits per heavy atom. The topological polar surface area (TPSA) is 72.5 Å². The first-order valence-electron chi connectivity index (χ1n) is 4.35. The van der Waals surface area contributed by atoms with E-state index < -0.39 is 22.0 Å². The fourth-order valence-corrected chi connectivity index (χ4v) is 3.14. The Hall–Kier alpha value is -1.11. The van der Waals surface area contributed by atoms with Crippen molar-refractivity contribution in [1.82, 2.24) is 4.72 Å². The highest BCUT2D eigenvalue weighted by Gasteiger charge is 2.38. The maximum atomic E-state index is 11.6. The van der Waals surface area contributed by atoms with Crippen LogP contribution in [0.25, 0.3) is 0 Å². The molecule has 0 amide bonds. The summed E-state index contributed by atoms with van der Waals surface area (Å²) in [6.45, 7) is 0. The number of ether oxygens (including phenoxy) is 1. The van der Waals surface area contributed by atoms with Gasteiger partial charge in [0, 0.05) is 10.6 Å². The molecule has 1 heterocycles. The lowest BCUT2D eigenvalue weighted by atomic mass is 10.1. The Bertz CT molecular complexity index is 555. The van der Waals surface area contributed by atoms with Gasteiger partial charge in [-0.3, -0.25) is 0 Å². The average Bonchev–Trinajstić information content (AvgIpc) is 2.49. The van der Waals surface area contributed by atoms with E-state index in [1.54, 1.807) is 0 Å². The van der Waals surface area contributed by atoms with Crippen molar-refractivity contribution in [2.45, 2.75) is 10.9 Å². The third kappa shape index (κ3) is 1.68. The monoisotopic (exact) mass is 261 g/mol. The van der Waals surface area contributed by atoms with Crippen molar-refractivity contribution in [3.63, 3.8) is 0 Å². The first-order valence-corrected chi connectivity index (χ1v) is 6.21. The summed E-state index contributed by atoms with van der Waals surface area (Å²) < 4.78 is 30.0. The Balaban J connectivity index is 2.61. The van der Waals surface area contributed by atoms with Crippen LogP contribution in [-0.2, 0) is 19.6 Å². The molecule has 0 aromatic heterocycles. The van der Waals surface area contributed by atoms with Crippen LogP contribution in [0.1, 0.15) is 11.6 Å². The van der Waals surface area contributed by atoms with Crippen LogP contribution in [0.3, 0.4) is 0 Å². The molecular weight excluding hydrogens is 254 g/mol. The van der Waals surface area contributed by atoms with Gasteiger partial charge in [-0.1, -0.05) is 11.6 Å². The van der Waals surface area contributed by atoms with Gasteiger partial charge in [0.25, 0.3) is 0 Å². The highest BCUT2D eigenvalue weighted by Crippen LogP contribution is 2.33. The molecule has 0 bridgehead atoms. The van der Waals surface area contributed by atoms with Crippen molar-refractivity contribution in [2.24, 2.45) is 0 Å². The Labute approximate surface area is 97.4 Å². The summed E-state index contributed by atoms with van der Waals surface area (Å²) in [5.74, 6) is -0.662. The second-order valence-electron chi connectivity index (χ2n) is 3.26. The van der Waals surface area contributed by atoms with Crippen LogP contribution in [0.15, 0.2) is 23.1 Å². The lowest BCUT2D eigenvalue weighted by Gasteiger charge is -2.07. The maximum Gasteiger partial charge on any atom is 0.328 e. The number of benzene rings is 1. The highest BCUT2D eigenvalue weighted by atomic mass is 35.5. The standard InChI is InChI=1S/C9H8ClNO4S/c1-15-9(12)8-6-4-5(10)2-3-7(6)16(13,14)11-8/h2-4,8,11H,1H3. The first-order chi connectivity index (χ1) is 7.45. The fraction of sp³-hybridized carbons (Fsp3) is 0.222. The van der Waals surface area contributed by atoms with E-state index in [-0.39, 0.29) is 4.90 Å². The summed E-state index contributed by atoms with van der Waals surface area (Å²) >= 11 is 5.75. The molecule has 0 fully saturated rings. The Kier molecular flexibility index (Phi) is 2.65. The predicted molar refractivity (Wildman–Crippen MR) is 56.5 cm³/mol. The second kappa shape index (κ2) is 3.73. The zero-order valence-corrected chi connectivity index (χ0v) is 9.80. The van der Waals surface area contributed by atoms with Crippen LogP contribution in [0.4, 0.5) is 0 Å². The second-order valence-corrected chi connectivity index (χ2v) is 5.38. The average molecular weight is 262 g/mol. The van der Waals surface area contributed by atoms with Crippen LogP contribution in [-0.4, -0.2) is 21.5 Å². The number of halogens is 1. The zero-order chi connectivity index (χ0) is 11.9. The predicted octanol–water partition coefficient (Wildman–Crippen LogP) is 0.846. The van der Waals surface area contributed by atoms with E-state index in [2.05, 4.69) is 9.46 Å². The molecule has 1 N–H and O–H groups in total. The van der Waals surface area contributed by atoms with Crippen molar-refractivity contribution >= 4 is 27.6 Å². The molecule has 86 valence electrons. The van der Waals surface area contributed by atoms with Gasteiger partial charge in [-0.15, -0.1) is 0 Å². The fourth-order valence-electron chi connectivity index (χ4n) is 1.56. The van der Waals surface area contributed by atoms with Gasteiger partial charge in [-0.25, -0.2) is 13.2 Å².